The first-order chi connectivity index (χ1) is 11.0. The summed E-state index contributed by atoms with van der Waals surface area (Å²) in [7, 11) is 0. The molecular weight excluding hydrogens is 314 g/mol. The average molecular weight is 331 g/mol. The molecule has 0 saturated carbocycles. The minimum atomic E-state index is -0.420. The van der Waals surface area contributed by atoms with Gasteiger partial charge in [0, 0.05) is 12.2 Å². The molecule has 0 fully saturated rings. The molecule has 8 heteroatoms. The minimum absolute atomic E-state index is 0.196. The van der Waals surface area contributed by atoms with Gasteiger partial charge < -0.3 is 5.32 Å². The molecule has 23 heavy (non-hydrogen) atoms. The fourth-order valence-corrected chi connectivity index (χ4v) is 2.78. The molecule has 0 radical (unpaired) electrons. The van der Waals surface area contributed by atoms with Gasteiger partial charge >= 0.3 is 5.69 Å². The number of aromatic amines is 1. The standard InChI is InChI=1S/C15H17N5O2S/c1-3-8-20-14(22)18-19-15(20)23-10(2)13(21)17-12-6-4-11(9-16)5-7-12/h4-7,10H,3,8H2,1-2H3,(H,17,21)(H,18,22)/t10-/m0/s1. The minimum Gasteiger partial charge on any atom is -0.325 e. The lowest BCUT2D eigenvalue weighted by Gasteiger charge is -2.12. The number of aromatic nitrogens is 3. The van der Waals surface area contributed by atoms with E-state index in [2.05, 4.69) is 15.5 Å². The highest BCUT2D eigenvalue weighted by molar-refractivity contribution is 8.00. The molecule has 2 N–H and O–H groups in total. The van der Waals surface area contributed by atoms with Crippen LogP contribution in [0.25, 0.3) is 0 Å². The zero-order valence-electron chi connectivity index (χ0n) is 12.9. The summed E-state index contributed by atoms with van der Waals surface area (Å²) in [5, 5.41) is 18.0. The number of hydrogen-bond donors (Lipinski definition) is 2. The van der Waals surface area contributed by atoms with Gasteiger partial charge in [0.05, 0.1) is 16.9 Å². The first-order valence-corrected chi connectivity index (χ1v) is 8.06. The van der Waals surface area contributed by atoms with Gasteiger partial charge in [-0.25, -0.2) is 9.89 Å². The van der Waals surface area contributed by atoms with Crippen LogP contribution in [-0.4, -0.2) is 25.9 Å². The number of rotatable bonds is 6. The van der Waals surface area contributed by atoms with Crippen LogP contribution in [-0.2, 0) is 11.3 Å². The molecule has 1 atom stereocenters. The van der Waals surface area contributed by atoms with E-state index >= 15 is 0 Å². The van der Waals surface area contributed by atoms with E-state index < -0.39 is 5.25 Å². The molecule has 0 aliphatic rings. The van der Waals surface area contributed by atoms with Crippen LogP contribution in [0.15, 0.2) is 34.2 Å². The summed E-state index contributed by atoms with van der Waals surface area (Å²) in [6, 6.07) is 8.65. The maximum Gasteiger partial charge on any atom is 0.343 e. The molecule has 0 bridgehead atoms. The second-order valence-electron chi connectivity index (χ2n) is 4.90. The summed E-state index contributed by atoms with van der Waals surface area (Å²) in [6.07, 6.45) is 0.804. The van der Waals surface area contributed by atoms with Crippen LogP contribution in [0.1, 0.15) is 25.8 Å². The van der Waals surface area contributed by atoms with Crippen molar-refractivity contribution in [1.29, 1.82) is 5.26 Å². The zero-order chi connectivity index (χ0) is 16.8. The second-order valence-corrected chi connectivity index (χ2v) is 6.21. The summed E-state index contributed by atoms with van der Waals surface area (Å²) in [4.78, 5) is 23.9. The smallest absolute Gasteiger partial charge is 0.325 e. The molecule has 2 aromatic rings. The van der Waals surface area contributed by atoms with Crippen molar-refractivity contribution in [3.63, 3.8) is 0 Å². The Morgan fingerprint density at radius 2 is 2.17 bits per heavy atom. The van der Waals surface area contributed by atoms with Crippen molar-refractivity contribution >= 4 is 23.4 Å². The monoisotopic (exact) mass is 331 g/mol. The molecule has 0 unspecified atom stereocenters. The van der Waals surface area contributed by atoms with E-state index in [0.29, 0.717) is 23.0 Å². The molecule has 0 saturated heterocycles. The number of benzene rings is 1. The first-order valence-electron chi connectivity index (χ1n) is 7.18. The Labute approximate surface area is 137 Å². The molecule has 1 aromatic carbocycles. The number of nitrogens with zero attached hydrogens (tertiary/aromatic N) is 3. The van der Waals surface area contributed by atoms with Crippen molar-refractivity contribution in [1.82, 2.24) is 14.8 Å². The summed E-state index contributed by atoms with van der Waals surface area (Å²) in [5.74, 6) is -0.196. The van der Waals surface area contributed by atoms with Crippen molar-refractivity contribution in [2.24, 2.45) is 0 Å². The Morgan fingerprint density at radius 1 is 1.48 bits per heavy atom. The highest BCUT2D eigenvalue weighted by atomic mass is 32.2. The van der Waals surface area contributed by atoms with Gasteiger partial charge in [-0.1, -0.05) is 18.7 Å². The Hall–Kier alpha value is -2.53. The van der Waals surface area contributed by atoms with Gasteiger partial charge in [0.15, 0.2) is 5.16 Å². The topological polar surface area (TPSA) is 104 Å². The highest BCUT2D eigenvalue weighted by Gasteiger charge is 2.18. The molecule has 0 aliphatic heterocycles. The van der Waals surface area contributed by atoms with Crippen molar-refractivity contribution in [2.75, 3.05) is 5.32 Å². The SMILES string of the molecule is CCCn1c(S[C@@H](C)C(=O)Nc2ccc(C#N)cc2)n[nH]c1=O. The van der Waals surface area contributed by atoms with Crippen LogP contribution in [0.2, 0.25) is 0 Å². The number of nitrogens with one attached hydrogen (secondary N) is 2. The van der Waals surface area contributed by atoms with Crippen molar-refractivity contribution in [2.45, 2.75) is 37.2 Å². The Balaban J connectivity index is 2.02. The van der Waals surface area contributed by atoms with Crippen LogP contribution >= 0.6 is 11.8 Å². The van der Waals surface area contributed by atoms with Crippen LogP contribution in [0.3, 0.4) is 0 Å². The number of carbonyl (C=O) groups is 1. The lowest BCUT2D eigenvalue weighted by molar-refractivity contribution is -0.115. The number of amides is 1. The number of anilines is 1. The van der Waals surface area contributed by atoms with E-state index in [1.165, 1.54) is 16.3 Å². The van der Waals surface area contributed by atoms with Gasteiger partial charge in [-0.15, -0.1) is 5.10 Å². The quantitative estimate of drug-likeness (QED) is 0.788. The molecule has 1 aromatic heterocycles. The zero-order valence-corrected chi connectivity index (χ0v) is 13.7. The molecule has 7 nitrogen and oxygen atoms in total. The lowest BCUT2D eigenvalue weighted by atomic mass is 10.2. The van der Waals surface area contributed by atoms with Gasteiger partial charge in [0.1, 0.15) is 0 Å². The number of hydrogen-bond acceptors (Lipinski definition) is 5. The van der Waals surface area contributed by atoms with Crippen LogP contribution in [0.4, 0.5) is 5.69 Å². The van der Waals surface area contributed by atoms with Gasteiger partial charge in [0.2, 0.25) is 5.91 Å². The summed E-state index contributed by atoms with van der Waals surface area (Å²) >= 11 is 1.22. The first kappa shape index (κ1) is 16.8. The Morgan fingerprint density at radius 3 is 2.78 bits per heavy atom. The van der Waals surface area contributed by atoms with E-state index in [1.807, 2.05) is 13.0 Å². The third-order valence-electron chi connectivity index (χ3n) is 3.10. The summed E-state index contributed by atoms with van der Waals surface area (Å²) in [5.41, 5.74) is 0.883. The normalized spacial score (nSPS) is 11.7. The molecule has 1 heterocycles. The van der Waals surface area contributed by atoms with Gasteiger partial charge in [-0.2, -0.15) is 5.26 Å². The van der Waals surface area contributed by atoms with Gasteiger partial charge in [-0.3, -0.25) is 9.36 Å². The van der Waals surface area contributed by atoms with E-state index in [4.69, 9.17) is 5.26 Å². The Bertz CT molecular complexity index is 772. The second kappa shape index (κ2) is 7.65. The predicted octanol–water partition coefficient (Wildman–Crippen LogP) is 1.97. The number of carbonyl (C=O) groups excluding carboxylic acids is 1. The van der Waals surface area contributed by atoms with Crippen molar-refractivity contribution < 1.29 is 4.79 Å². The van der Waals surface area contributed by atoms with Crippen molar-refractivity contribution in [3.05, 3.63) is 40.3 Å². The van der Waals surface area contributed by atoms with E-state index in [0.717, 1.165) is 6.42 Å². The maximum atomic E-state index is 12.2. The largest absolute Gasteiger partial charge is 0.343 e. The molecule has 0 spiro atoms. The van der Waals surface area contributed by atoms with Crippen molar-refractivity contribution in [3.8, 4) is 6.07 Å². The van der Waals surface area contributed by atoms with E-state index in [9.17, 15) is 9.59 Å². The van der Waals surface area contributed by atoms with Crippen LogP contribution in [0.5, 0.6) is 0 Å². The summed E-state index contributed by atoms with van der Waals surface area (Å²) in [6.45, 7) is 4.27. The average Bonchev–Trinajstić information content (AvgIpc) is 2.89. The fourth-order valence-electron chi connectivity index (χ4n) is 1.90. The van der Waals surface area contributed by atoms with Crippen LogP contribution in [0, 0.1) is 11.3 Å². The molecule has 120 valence electrons. The lowest BCUT2D eigenvalue weighted by Crippen LogP contribution is -2.24. The highest BCUT2D eigenvalue weighted by Crippen LogP contribution is 2.21. The van der Waals surface area contributed by atoms with E-state index in [-0.39, 0.29) is 11.6 Å². The predicted molar refractivity (Wildman–Crippen MR) is 88.2 cm³/mol. The third kappa shape index (κ3) is 4.23. The molecule has 0 aliphatic carbocycles. The fraction of sp³-hybridized carbons (Fsp3) is 0.333. The van der Waals surface area contributed by atoms with Gasteiger partial charge in [-0.05, 0) is 37.6 Å². The molecular formula is C15H17N5O2S. The summed E-state index contributed by atoms with van der Waals surface area (Å²) < 4.78 is 1.52. The van der Waals surface area contributed by atoms with Crippen LogP contribution < -0.4 is 11.0 Å². The number of H-pyrrole nitrogens is 1. The number of thioether (sulfide) groups is 1. The maximum absolute atomic E-state index is 12.2. The van der Waals surface area contributed by atoms with E-state index in [1.54, 1.807) is 31.2 Å². The molecule has 1 amide bonds. The Kier molecular flexibility index (Phi) is 5.60. The van der Waals surface area contributed by atoms with Gasteiger partial charge in [0.25, 0.3) is 0 Å². The third-order valence-corrected chi connectivity index (χ3v) is 4.19. The number of nitriles is 1. The molecule has 2 rings (SSSR count).